The fraction of sp³-hybridized carbons (Fsp3) is 0.190. The highest BCUT2D eigenvalue weighted by atomic mass is 32.2. The third-order valence-electron chi connectivity index (χ3n) is 4.51. The van der Waals surface area contributed by atoms with Gasteiger partial charge in [0.1, 0.15) is 5.69 Å². The van der Waals surface area contributed by atoms with Crippen LogP contribution in [0.4, 0.5) is 5.69 Å². The molecule has 3 aromatic rings. The Kier molecular flexibility index (Phi) is 6.14. The maximum Gasteiger partial charge on any atom is 0.276 e. The van der Waals surface area contributed by atoms with Gasteiger partial charge in [0.05, 0.1) is 11.4 Å². The molecule has 1 amide bonds. The maximum atomic E-state index is 12.7. The Hall–Kier alpha value is -3.30. The molecule has 0 spiro atoms. The fourth-order valence-corrected chi connectivity index (χ4v) is 3.66. The molecule has 0 aliphatic heterocycles. The normalized spacial score (nSPS) is 11.5. The van der Waals surface area contributed by atoms with E-state index in [2.05, 4.69) is 10.4 Å². The van der Waals surface area contributed by atoms with Crippen LogP contribution < -0.4 is 10.9 Å². The van der Waals surface area contributed by atoms with E-state index in [9.17, 15) is 18.0 Å². The molecule has 1 N–H and O–H groups in total. The van der Waals surface area contributed by atoms with Gasteiger partial charge in [-0.1, -0.05) is 36.4 Å². The van der Waals surface area contributed by atoms with Crippen molar-refractivity contribution in [3.8, 4) is 0 Å². The van der Waals surface area contributed by atoms with Crippen LogP contribution in [0.3, 0.4) is 0 Å². The van der Waals surface area contributed by atoms with Gasteiger partial charge in [0.15, 0.2) is 0 Å². The predicted molar refractivity (Wildman–Crippen MR) is 114 cm³/mol. The van der Waals surface area contributed by atoms with Crippen molar-refractivity contribution in [2.24, 2.45) is 0 Å². The van der Waals surface area contributed by atoms with Gasteiger partial charge in [0, 0.05) is 25.8 Å². The number of anilines is 1. The molecule has 0 saturated heterocycles. The van der Waals surface area contributed by atoms with Gasteiger partial charge >= 0.3 is 0 Å². The number of aryl methyl sites for hydroxylation is 1. The summed E-state index contributed by atoms with van der Waals surface area (Å²) < 4.78 is 27.1. The molecule has 9 heteroatoms. The lowest BCUT2D eigenvalue weighted by atomic mass is 10.2. The van der Waals surface area contributed by atoms with Crippen molar-refractivity contribution in [1.82, 2.24) is 14.1 Å². The summed E-state index contributed by atoms with van der Waals surface area (Å²) in [6.07, 6.45) is 0. The van der Waals surface area contributed by atoms with E-state index in [1.54, 1.807) is 13.0 Å². The summed E-state index contributed by atoms with van der Waals surface area (Å²) in [5, 5.41) is 6.85. The van der Waals surface area contributed by atoms with Crippen LogP contribution in [-0.2, 0) is 16.6 Å². The Morgan fingerprint density at radius 1 is 1.07 bits per heavy atom. The molecule has 8 nitrogen and oxygen atoms in total. The van der Waals surface area contributed by atoms with E-state index >= 15 is 0 Å². The van der Waals surface area contributed by atoms with E-state index in [0.717, 1.165) is 9.87 Å². The minimum absolute atomic E-state index is 0.0470. The number of hydrogen-bond acceptors (Lipinski definition) is 5. The van der Waals surface area contributed by atoms with Gasteiger partial charge in [-0.2, -0.15) is 5.10 Å². The van der Waals surface area contributed by atoms with E-state index in [-0.39, 0.29) is 22.7 Å². The monoisotopic (exact) mass is 426 g/mol. The molecule has 0 unspecified atom stereocenters. The highest BCUT2D eigenvalue weighted by molar-refractivity contribution is 7.89. The second kappa shape index (κ2) is 8.60. The number of carbonyl (C=O) groups is 1. The lowest BCUT2D eigenvalue weighted by Gasteiger charge is -2.14. The highest BCUT2D eigenvalue weighted by Crippen LogP contribution is 2.22. The van der Waals surface area contributed by atoms with Crippen LogP contribution in [0.2, 0.25) is 0 Å². The average Bonchev–Trinajstić information content (AvgIpc) is 2.71. The van der Waals surface area contributed by atoms with Crippen LogP contribution in [0, 0.1) is 6.92 Å². The first-order chi connectivity index (χ1) is 14.2. The zero-order valence-corrected chi connectivity index (χ0v) is 17.7. The number of nitrogens with one attached hydrogen (secondary N) is 1. The number of rotatable bonds is 6. The van der Waals surface area contributed by atoms with E-state index in [1.807, 2.05) is 30.3 Å². The van der Waals surface area contributed by atoms with E-state index in [0.29, 0.717) is 11.3 Å². The van der Waals surface area contributed by atoms with Crippen LogP contribution in [0.5, 0.6) is 0 Å². The van der Waals surface area contributed by atoms with Crippen molar-refractivity contribution in [2.45, 2.75) is 18.4 Å². The van der Waals surface area contributed by atoms with Crippen LogP contribution in [0.1, 0.15) is 21.6 Å². The first kappa shape index (κ1) is 21.4. The molecule has 0 atom stereocenters. The number of amides is 1. The fourth-order valence-electron chi connectivity index (χ4n) is 2.73. The SMILES string of the molecule is Cc1ccc(S(=O)(=O)N(C)C)cc1NC(=O)c1ccc(=O)n(Cc2ccccc2)n1. The van der Waals surface area contributed by atoms with Crippen molar-refractivity contribution in [1.29, 1.82) is 0 Å². The van der Waals surface area contributed by atoms with E-state index < -0.39 is 15.9 Å². The molecule has 0 aliphatic carbocycles. The minimum Gasteiger partial charge on any atom is -0.320 e. The van der Waals surface area contributed by atoms with Crippen molar-refractivity contribution in [3.05, 3.63) is 87.8 Å². The summed E-state index contributed by atoms with van der Waals surface area (Å²) in [5.41, 5.74) is 1.64. The van der Waals surface area contributed by atoms with Crippen LogP contribution in [0.15, 0.2) is 70.4 Å². The van der Waals surface area contributed by atoms with Gasteiger partial charge in [0.2, 0.25) is 10.0 Å². The van der Waals surface area contributed by atoms with Gasteiger partial charge < -0.3 is 5.32 Å². The molecule has 3 rings (SSSR count). The van der Waals surface area contributed by atoms with Gasteiger partial charge in [-0.3, -0.25) is 9.59 Å². The smallest absolute Gasteiger partial charge is 0.276 e. The summed E-state index contributed by atoms with van der Waals surface area (Å²) >= 11 is 0. The quantitative estimate of drug-likeness (QED) is 0.650. The molecule has 0 bridgehead atoms. The largest absolute Gasteiger partial charge is 0.320 e. The molecule has 1 aromatic heterocycles. The van der Waals surface area contributed by atoms with Crippen molar-refractivity contribution in [2.75, 3.05) is 19.4 Å². The lowest BCUT2D eigenvalue weighted by molar-refractivity contribution is 0.101. The second-order valence-corrected chi connectivity index (χ2v) is 9.07. The molecular formula is C21H22N4O4S. The van der Waals surface area contributed by atoms with Crippen molar-refractivity contribution >= 4 is 21.6 Å². The Morgan fingerprint density at radius 3 is 2.43 bits per heavy atom. The Morgan fingerprint density at radius 2 is 1.77 bits per heavy atom. The molecule has 1 heterocycles. The molecule has 156 valence electrons. The summed E-state index contributed by atoms with van der Waals surface area (Å²) in [4.78, 5) is 24.9. The number of carbonyl (C=O) groups excluding carboxylic acids is 1. The molecule has 2 aromatic carbocycles. The third kappa shape index (κ3) is 4.64. The van der Waals surface area contributed by atoms with E-state index in [1.165, 1.54) is 43.0 Å². The molecule has 0 aliphatic rings. The predicted octanol–water partition coefficient (Wildman–Crippen LogP) is 2.10. The molecule has 0 saturated carbocycles. The van der Waals surface area contributed by atoms with Gasteiger partial charge in [-0.05, 0) is 36.2 Å². The van der Waals surface area contributed by atoms with Crippen LogP contribution in [0.25, 0.3) is 0 Å². The first-order valence-corrected chi connectivity index (χ1v) is 10.6. The minimum atomic E-state index is -3.64. The van der Waals surface area contributed by atoms with Crippen LogP contribution >= 0.6 is 0 Å². The number of sulfonamides is 1. The molecule has 30 heavy (non-hydrogen) atoms. The van der Waals surface area contributed by atoms with Gasteiger partial charge in [0.25, 0.3) is 11.5 Å². The number of hydrogen-bond donors (Lipinski definition) is 1. The summed E-state index contributed by atoms with van der Waals surface area (Å²) in [5.74, 6) is -0.542. The average molecular weight is 426 g/mol. The molecule has 0 fully saturated rings. The third-order valence-corrected chi connectivity index (χ3v) is 6.32. The molecular weight excluding hydrogens is 404 g/mol. The van der Waals surface area contributed by atoms with Crippen molar-refractivity contribution < 1.29 is 13.2 Å². The van der Waals surface area contributed by atoms with Gasteiger partial charge in [-0.15, -0.1) is 0 Å². The summed E-state index contributed by atoms with van der Waals surface area (Å²) in [6, 6.07) is 16.4. The highest BCUT2D eigenvalue weighted by Gasteiger charge is 2.19. The zero-order chi connectivity index (χ0) is 21.9. The summed E-state index contributed by atoms with van der Waals surface area (Å²) in [7, 11) is -0.767. The summed E-state index contributed by atoms with van der Waals surface area (Å²) in [6.45, 7) is 1.99. The topological polar surface area (TPSA) is 101 Å². The maximum absolute atomic E-state index is 12.7. The number of aromatic nitrogens is 2. The standard InChI is InChI=1S/C21H22N4O4S/c1-15-9-10-17(30(28,29)24(2)3)13-19(15)22-21(27)18-11-12-20(26)25(23-18)14-16-7-5-4-6-8-16/h4-13H,14H2,1-3H3,(H,22,27). The van der Waals surface area contributed by atoms with Gasteiger partial charge in [-0.25, -0.2) is 17.4 Å². The Balaban J connectivity index is 1.88. The van der Waals surface area contributed by atoms with Crippen LogP contribution in [-0.4, -0.2) is 42.5 Å². The number of nitrogens with zero attached hydrogens (tertiary/aromatic N) is 3. The first-order valence-electron chi connectivity index (χ1n) is 9.15. The number of benzene rings is 2. The lowest BCUT2D eigenvalue weighted by Crippen LogP contribution is -2.27. The Bertz CT molecular complexity index is 1240. The molecule has 0 radical (unpaired) electrons. The zero-order valence-electron chi connectivity index (χ0n) is 16.9. The van der Waals surface area contributed by atoms with Crippen molar-refractivity contribution in [3.63, 3.8) is 0 Å². The van der Waals surface area contributed by atoms with E-state index in [4.69, 9.17) is 0 Å². The Labute approximate surface area is 174 Å². The second-order valence-electron chi connectivity index (χ2n) is 6.92.